The molecule has 0 bridgehead atoms. The van der Waals surface area contributed by atoms with Crippen LogP contribution in [0.4, 0.5) is 0 Å². The van der Waals surface area contributed by atoms with E-state index in [1.54, 1.807) is 12.4 Å². The van der Waals surface area contributed by atoms with Gasteiger partial charge in [0.15, 0.2) is 0 Å². The molecule has 2 fully saturated rings. The molecule has 4 nitrogen and oxygen atoms in total. The van der Waals surface area contributed by atoms with Crippen molar-refractivity contribution in [2.24, 2.45) is 11.7 Å². The molecule has 2 aliphatic rings. The minimum absolute atomic E-state index is 0.100. The molecule has 104 valence electrons. The fourth-order valence-corrected chi connectivity index (χ4v) is 2.31. The van der Waals surface area contributed by atoms with Crippen LogP contribution >= 0.6 is 0 Å². The van der Waals surface area contributed by atoms with Crippen molar-refractivity contribution in [3.63, 3.8) is 0 Å². The molecule has 0 aromatic carbocycles. The highest BCUT2D eigenvalue weighted by atomic mass is 16.2. The molecular formula is C16H19N3O. The largest absolute Gasteiger partial charge is 0.335 e. The molecule has 1 aromatic rings. The Bertz CT molecular complexity index is 565. The summed E-state index contributed by atoms with van der Waals surface area (Å²) in [5, 5.41) is 0. The lowest BCUT2D eigenvalue weighted by Crippen LogP contribution is -2.35. The van der Waals surface area contributed by atoms with Gasteiger partial charge in [-0.25, -0.2) is 0 Å². The van der Waals surface area contributed by atoms with Gasteiger partial charge < -0.3 is 10.6 Å². The van der Waals surface area contributed by atoms with Crippen LogP contribution in [-0.4, -0.2) is 34.9 Å². The Morgan fingerprint density at radius 1 is 1.35 bits per heavy atom. The van der Waals surface area contributed by atoms with Crippen LogP contribution in [0.3, 0.4) is 0 Å². The van der Waals surface area contributed by atoms with Crippen molar-refractivity contribution in [3.8, 4) is 11.8 Å². The summed E-state index contributed by atoms with van der Waals surface area (Å²) in [6.45, 7) is 1.22. The third-order valence-electron chi connectivity index (χ3n) is 3.72. The summed E-state index contributed by atoms with van der Waals surface area (Å²) in [6, 6.07) is 2.27. The van der Waals surface area contributed by atoms with Crippen molar-refractivity contribution in [1.82, 2.24) is 9.88 Å². The summed E-state index contributed by atoms with van der Waals surface area (Å²) < 4.78 is 0. The molecule has 2 aliphatic carbocycles. The van der Waals surface area contributed by atoms with E-state index in [1.807, 2.05) is 11.0 Å². The average Bonchev–Trinajstić information content (AvgIpc) is 3.35. The summed E-state index contributed by atoms with van der Waals surface area (Å²) >= 11 is 0. The van der Waals surface area contributed by atoms with Gasteiger partial charge in [0.2, 0.25) is 0 Å². The van der Waals surface area contributed by atoms with Crippen LogP contribution < -0.4 is 5.73 Å². The number of nitrogens with zero attached hydrogens (tertiary/aromatic N) is 2. The summed E-state index contributed by atoms with van der Waals surface area (Å²) in [6.07, 6.45) is 8.10. The second-order valence-corrected chi connectivity index (χ2v) is 5.60. The topological polar surface area (TPSA) is 59.2 Å². The van der Waals surface area contributed by atoms with Crippen LogP contribution in [0.1, 0.15) is 41.6 Å². The smallest absolute Gasteiger partial charge is 0.255 e. The normalized spacial score (nSPS) is 17.2. The quantitative estimate of drug-likeness (QED) is 0.841. The Hall–Kier alpha value is -1.86. The highest BCUT2D eigenvalue weighted by Gasteiger charge is 2.36. The van der Waals surface area contributed by atoms with Crippen LogP contribution in [0.25, 0.3) is 0 Å². The number of aromatic nitrogens is 1. The van der Waals surface area contributed by atoms with Crippen molar-refractivity contribution in [2.75, 3.05) is 13.1 Å². The molecule has 4 heteroatoms. The van der Waals surface area contributed by atoms with Gasteiger partial charge in [-0.3, -0.25) is 9.78 Å². The Labute approximate surface area is 119 Å². The summed E-state index contributed by atoms with van der Waals surface area (Å²) in [5.74, 6) is 6.53. The van der Waals surface area contributed by atoms with Crippen LogP contribution in [0.5, 0.6) is 0 Å². The van der Waals surface area contributed by atoms with E-state index in [1.165, 1.54) is 12.8 Å². The highest BCUT2D eigenvalue weighted by Crippen LogP contribution is 2.35. The van der Waals surface area contributed by atoms with Gasteiger partial charge in [0.05, 0.1) is 12.1 Å². The highest BCUT2D eigenvalue weighted by molar-refractivity contribution is 5.94. The molecular weight excluding hydrogens is 250 g/mol. The maximum absolute atomic E-state index is 12.6. The molecule has 0 aliphatic heterocycles. The molecule has 1 aromatic heterocycles. The van der Waals surface area contributed by atoms with E-state index in [2.05, 4.69) is 16.8 Å². The third kappa shape index (κ3) is 3.17. The third-order valence-corrected chi connectivity index (χ3v) is 3.72. The number of rotatable bonds is 4. The van der Waals surface area contributed by atoms with Gasteiger partial charge in [-0.15, -0.1) is 0 Å². The first-order valence-electron chi connectivity index (χ1n) is 7.23. The first-order valence-corrected chi connectivity index (χ1v) is 7.23. The predicted molar refractivity (Wildman–Crippen MR) is 77.0 cm³/mol. The van der Waals surface area contributed by atoms with Crippen molar-refractivity contribution in [3.05, 3.63) is 29.6 Å². The standard InChI is InChI=1S/C16H19N3O/c17-7-1-2-13-8-14(10-18-9-13)16(20)19(15-5-6-15)11-12-3-4-12/h8-10,12,15H,3-7,11,17H2. The second-order valence-electron chi connectivity index (χ2n) is 5.60. The fraction of sp³-hybridized carbons (Fsp3) is 0.500. The van der Waals surface area contributed by atoms with Crippen LogP contribution in [0.2, 0.25) is 0 Å². The van der Waals surface area contributed by atoms with E-state index in [4.69, 9.17) is 5.73 Å². The number of pyridine rings is 1. The van der Waals surface area contributed by atoms with Crippen LogP contribution in [0.15, 0.2) is 18.5 Å². The van der Waals surface area contributed by atoms with Gasteiger partial charge >= 0.3 is 0 Å². The van der Waals surface area contributed by atoms with E-state index in [0.717, 1.165) is 24.9 Å². The van der Waals surface area contributed by atoms with Crippen molar-refractivity contribution < 1.29 is 4.79 Å². The van der Waals surface area contributed by atoms with Gasteiger partial charge in [-0.05, 0) is 37.7 Å². The maximum Gasteiger partial charge on any atom is 0.255 e. The molecule has 1 heterocycles. The molecule has 0 atom stereocenters. The lowest BCUT2D eigenvalue weighted by atomic mass is 10.1. The molecule has 1 amide bonds. The molecule has 2 saturated carbocycles. The number of hydrogen-bond acceptors (Lipinski definition) is 3. The lowest BCUT2D eigenvalue weighted by molar-refractivity contribution is 0.0734. The fourth-order valence-electron chi connectivity index (χ4n) is 2.31. The monoisotopic (exact) mass is 269 g/mol. The van der Waals surface area contributed by atoms with Crippen LogP contribution in [0, 0.1) is 17.8 Å². The Balaban J connectivity index is 1.77. The zero-order valence-corrected chi connectivity index (χ0v) is 11.5. The summed E-state index contributed by atoms with van der Waals surface area (Å²) in [7, 11) is 0. The average molecular weight is 269 g/mol. The van der Waals surface area contributed by atoms with Gasteiger partial charge in [0.25, 0.3) is 5.91 Å². The van der Waals surface area contributed by atoms with Gasteiger partial charge in [-0.1, -0.05) is 11.8 Å². The Morgan fingerprint density at radius 2 is 2.15 bits per heavy atom. The number of nitrogens with two attached hydrogens (primary N) is 1. The van der Waals surface area contributed by atoms with E-state index in [9.17, 15) is 4.79 Å². The first kappa shape index (κ1) is 13.1. The lowest BCUT2D eigenvalue weighted by Gasteiger charge is -2.22. The number of hydrogen-bond donors (Lipinski definition) is 1. The number of carbonyl (C=O) groups excluding carboxylic acids is 1. The minimum Gasteiger partial charge on any atom is -0.335 e. The van der Waals surface area contributed by atoms with E-state index >= 15 is 0 Å². The molecule has 0 radical (unpaired) electrons. The zero-order valence-electron chi connectivity index (χ0n) is 11.5. The predicted octanol–water partition coefficient (Wildman–Crippen LogP) is 1.41. The molecule has 0 spiro atoms. The van der Waals surface area contributed by atoms with E-state index in [0.29, 0.717) is 24.1 Å². The van der Waals surface area contributed by atoms with Crippen molar-refractivity contribution in [2.45, 2.75) is 31.7 Å². The number of carbonyl (C=O) groups is 1. The summed E-state index contributed by atoms with van der Waals surface area (Å²) in [4.78, 5) is 18.8. The van der Waals surface area contributed by atoms with Gasteiger partial charge in [0, 0.05) is 30.5 Å². The minimum atomic E-state index is 0.100. The first-order chi connectivity index (χ1) is 9.78. The molecule has 2 N–H and O–H groups in total. The van der Waals surface area contributed by atoms with Crippen molar-refractivity contribution in [1.29, 1.82) is 0 Å². The zero-order chi connectivity index (χ0) is 13.9. The SMILES string of the molecule is NCC#Cc1cncc(C(=O)N(CC2CC2)C2CC2)c1. The molecule has 0 saturated heterocycles. The Morgan fingerprint density at radius 3 is 2.80 bits per heavy atom. The summed E-state index contributed by atoms with van der Waals surface area (Å²) in [5.41, 5.74) is 6.76. The van der Waals surface area contributed by atoms with E-state index in [-0.39, 0.29) is 5.91 Å². The Kier molecular flexibility index (Phi) is 3.70. The molecule has 0 unspecified atom stereocenters. The van der Waals surface area contributed by atoms with Crippen molar-refractivity contribution >= 4 is 5.91 Å². The van der Waals surface area contributed by atoms with Gasteiger partial charge in [-0.2, -0.15) is 0 Å². The number of amides is 1. The second kappa shape index (κ2) is 5.64. The van der Waals surface area contributed by atoms with Gasteiger partial charge in [0.1, 0.15) is 0 Å². The molecule has 20 heavy (non-hydrogen) atoms. The van der Waals surface area contributed by atoms with E-state index < -0.39 is 0 Å². The molecule has 3 rings (SSSR count). The van der Waals surface area contributed by atoms with Crippen LogP contribution in [-0.2, 0) is 0 Å². The maximum atomic E-state index is 12.6.